The van der Waals surface area contributed by atoms with Crippen molar-refractivity contribution in [2.45, 2.75) is 19.3 Å². The maximum atomic E-state index is 12.1. The van der Waals surface area contributed by atoms with Gasteiger partial charge in [-0.3, -0.25) is 9.59 Å². The summed E-state index contributed by atoms with van der Waals surface area (Å²) in [4.78, 5) is 28.1. The minimum absolute atomic E-state index is 0.114. The smallest absolute Gasteiger partial charge is 0.311 e. The van der Waals surface area contributed by atoms with E-state index in [9.17, 15) is 14.7 Å². The highest BCUT2D eigenvalue weighted by Gasteiger charge is 2.40. The minimum atomic E-state index is -0.933. The molecule has 0 atom stereocenters. The highest BCUT2D eigenvalue weighted by Crippen LogP contribution is 2.30. The molecule has 1 aliphatic rings. The van der Waals surface area contributed by atoms with Gasteiger partial charge in [0.25, 0.3) is 0 Å². The van der Waals surface area contributed by atoms with Crippen LogP contribution in [0.3, 0.4) is 0 Å². The Kier molecular flexibility index (Phi) is 4.96. The Bertz CT molecular complexity index is 704. The Labute approximate surface area is 142 Å². The number of nitrogens with zero attached hydrogens (tertiary/aromatic N) is 1. The van der Waals surface area contributed by atoms with Crippen LogP contribution in [0.15, 0.2) is 28.4 Å². The van der Waals surface area contributed by atoms with Gasteiger partial charge in [-0.15, -0.1) is 11.3 Å². The number of carboxylic acid groups (broad SMARTS) is 1. The molecule has 0 aliphatic carbocycles. The lowest BCUT2D eigenvalue weighted by Crippen LogP contribution is -2.46. The highest BCUT2D eigenvalue weighted by atomic mass is 32.1. The largest absolute Gasteiger partial charge is 0.481 e. The number of carbonyl (C=O) groups excluding carboxylic acids is 1. The maximum Gasteiger partial charge on any atom is 0.311 e. The summed E-state index contributed by atoms with van der Waals surface area (Å²) in [5, 5.41) is 14.8. The molecule has 1 saturated heterocycles. The Morgan fingerprint density at radius 1 is 1.38 bits per heavy atom. The van der Waals surface area contributed by atoms with E-state index < -0.39 is 11.4 Å². The van der Waals surface area contributed by atoms with Crippen molar-refractivity contribution in [3.63, 3.8) is 0 Å². The van der Waals surface area contributed by atoms with Crippen molar-refractivity contribution in [3.8, 4) is 10.6 Å². The quantitative estimate of drug-likeness (QED) is 0.825. The van der Waals surface area contributed by atoms with Crippen LogP contribution in [0.2, 0.25) is 0 Å². The molecule has 24 heavy (non-hydrogen) atoms. The summed E-state index contributed by atoms with van der Waals surface area (Å²) in [5.74, 6) is -1.12. The van der Waals surface area contributed by atoms with Crippen molar-refractivity contribution in [3.05, 3.63) is 29.7 Å². The van der Waals surface area contributed by atoms with E-state index in [1.807, 2.05) is 11.4 Å². The van der Waals surface area contributed by atoms with Crippen LogP contribution in [0.1, 0.15) is 18.5 Å². The molecule has 0 saturated carbocycles. The fraction of sp³-hybridized carbons (Fsp3) is 0.438. The van der Waals surface area contributed by atoms with Gasteiger partial charge in [0.05, 0.1) is 23.8 Å². The van der Waals surface area contributed by atoms with Crippen LogP contribution in [0, 0.1) is 5.41 Å². The molecule has 2 aromatic heterocycles. The zero-order valence-electron chi connectivity index (χ0n) is 13.0. The summed E-state index contributed by atoms with van der Waals surface area (Å²) >= 11 is 1.44. The molecule has 128 valence electrons. The van der Waals surface area contributed by atoms with Gasteiger partial charge >= 0.3 is 5.97 Å². The minimum Gasteiger partial charge on any atom is -0.481 e. The van der Waals surface area contributed by atoms with Crippen LogP contribution in [0.5, 0.6) is 0 Å². The summed E-state index contributed by atoms with van der Waals surface area (Å²) < 4.78 is 10.2. The van der Waals surface area contributed by atoms with Gasteiger partial charge in [-0.25, -0.2) is 4.98 Å². The van der Waals surface area contributed by atoms with Crippen molar-refractivity contribution in [1.29, 1.82) is 0 Å². The molecular formula is C16H18N2O5S. The molecule has 0 aromatic carbocycles. The van der Waals surface area contributed by atoms with Crippen LogP contribution in [0.4, 0.5) is 0 Å². The number of amides is 1. The first-order valence-corrected chi connectivity index (χ1v) is 8.52. The zero-order chi connectivity index (χ0) is 17.0. The van der Waals surface area contributed by atoms with Gasteiger partial charge in [0, 0.05) is 30.7 Å². The van der Waals surface area contributed by atoms with Crippen LogP contribution in [-0.4, -0.2) is 41.7 Å². The molecular weight excluding hydrogens is 332 g/mol. The molecule has 1 fully saturated rings. The molecule has 0 bridgehead atoms. The number of aliphatic carboxylic acids is 1. The van der Waals surface area contributed by atoms with E-state index in [4.69, 9.17) is 9.15 Å². The standard InChI is InChI=1S/C16H18N2O5S/c19-13(17-10-16(15(20)21)2-5-22-6-3-16)7-12-9-24-14(18-12)11-1-4-23-8-11/h1,4,8-9H,2-3,5-7,10H2,(H,17,19)(H,20,21). The van der Waals surface area contributed by atoms with Gasteiger partial charge in [0.15, 0.2) is 0 Å². The third-order valence-corrected chi connectivity index (χ3v) is 5.13. The molecule has 2 aromatic rings. The summed E-state index contributed by atoms with van der Waals surface area (Å²) in [5.41, 5.74) is 0.599. The predicted octanol–water partition coefficient (Wildman–Crippen LogP) is 1.94. The summed E-state index contributed by atoms with van der Waals surface area (Å²) in [6.07, 6.45) is 4.11. The number of nitrogens with one attached hydrogen (secondary N) is 1. The molecule has 1 amide bonds. The fourth-order valence-electron chi connectivity index (χ4n) is 2.63. The second-order valence-corrected chi connectivity index (χ2v) is 6.67. The number of thiazole rings is 1. The first kappa shape index (κ1) is 16.7. The molecule has 0 spiro atoms. The summed E-state index contributed by atoms with van der Waals surface area (Å²) in [6, 6.07) is 1.81. The lowest BCUT2D eigenvalue weighted by molar-refractivity contribution is -0.154. The predicted molar refractivity (Wildman–Crippen MR) is 86.7 cm³/mol. The van der Waals surface area contributed by atoms with Crippen LogP contribution in [-0.2, 0) is 20.7 Å². The maximum absolute atomic E-state index is 12.1. The molecule has 2 N–H and O–H groups in total. The SMILES string of the molecule is O=C(Cc1csc(-c2ccoc2)n1)NCC1(C(=O)O)CCOCC1. The van der Waals surface area contributed by atoms with Gasteiger partial charge < -0.3 is 19.6 Å². The number of rotatable bonds is 6. The van der Waals surface area contributed by atoms with Crippen molar-refractivity contribution < 1.29 is 23.8 Å². The lowest BCUT2D eigenvalue weighted by atomic mass is 9.80. The Balaban J connectivity index is 1.56. The fourth-order valence-corrected chi connectivity index (χ4v) is 3.44. The number of carboxylic acids is 1. The van der Waals surface area contributed by atoms with E-state index in [1.165, 1.54) is 11.3 Å². The molecule has 0 unspecified atom stereocenters. The van der Waals surface area contributed by atoms with Crippen LogP contribution < -0.4 is 5.32 Å². The highest BCUT2D eigenvalue weighted by molar-refractivity contribution is 7.13. The van der Waals surface area contributed by atoms with Gasteiger partial charge in [-0.1, -0.05) is 0 Å². The first-order chi connectivity index (χ1) is 11.6. The van der Waals surface area contributed by atoms with E-state index in [2.05, 4.69) is 10.3 Å². The molecule has 3 heterocycles. The number of ether oxygens (including phenoxy) is 1. The van der Waals surface area contributed by atoms with E-state index in [0.29, 0.717) is 31.7 Å². The van der Waals surface area contributed by atoms with Gasteiger partial charge in [-0.05, 0) is 18.9 Å². The first-order valence-electron chi connectivity index (χ1n) is 7.64. The Morgan fingerprint density at radius 2 is 2.17 bits per heavy atom. The Morgan fingerprint density at radius 3 is 2.83 bits per heavy atom. The lowest BCUT2D eigenvalue weighted by Gasteiger charge is -2.33. The van der Waals surface area contributed by atoms with Gasteiger partial charge in [0.2, 0.25) is 5.91 Å². The number of carbonyl (C=O) groups is 2. The van der Waals surface area contributed by atoms with Crippen LogP contribution in [0.25, 0.3) is 10.6 Å². The normalized spacial score (nSPS) is 16.7. The average molecular weight is 350 g/mol. The third kappa shape index (κ3) is 3.65. The molecule has 3 rings (SSSR count). The summed E-state index contributed by atoms with van der Waals surface area (Å²) in [7, 11) is 0. The molecule has 8 heteroatoms. The monoisotopic (exact) mass is 350 g/mol. The second-order valence-electron chi connectivity index (χ2n) is 5.81. The van der Waals surface area contributed by atoms with E-state index in [1.54, 1.807) is 12.5 Å². The molecule has 1 aliphatic heterocycles. The van der Waals surface area contributed by atoms with E-state index in [-0.39, 0.29) is 18.9 Å². The van der Waals surface area contributed by atoms with Crippen molar-refractivity contribution in [2.75, 3.05) is 19.8 Å². The topological polar surface area (TPSA) is 102 Å². The third-order valence-electron chi connectivity index (χ3n) is 4.19. The van der Waals surface area contributed by atoms with Crippen molar-refractivity contribution >= 4 is 23.2 Å². The molecule has 0 radical (unpaired) electrons. The van der Waals surface area contributed by atoms with Crippen molar-refractivity contribution in [1.82, 2.24) is 10.3 Å². The van der Waals surface area contributed by atoms with E-state index >= 15 is 0 Å². The van der Waals surface area contributed by atoms with Crippen LogP contribution >= 0.6 is 11.3 Å². The second kappa shape index (κ2) is 7.14. The number of hydrogen-bond acceptors (Lipinski definition) is 6. The number of aromatic nitrogens is 1. The van der Waals surface area contributed by atoms with Crippen molar-refractivity contribution in [2.24, 2.45) is 5.41 Å². The Hall–Kier alpha value is -2.19. The number of hydrogen-bond donors (Lipinski definition) is 2. The van der Waals surface area contributed by atoms with E-state index in [0.717, 1.165) is 10.6 Å². The zero-order valence-corrected chi connectivity index (χ0v) is 13.8. The number of furan rings is 1. The van der Waals surface area contributed by atoms with Gasteiger partial charge in [-0.2, -0.15) is 0 Å². The average Bonchev–Trinajstić information content (AvgIpc) is 3.25. The summed E-state index contributed by atoms with van der Waals surface area (Å²) in [6.45, 7) is 0.924. The van der Waals surface area contributed by atoms with Gasteiger partial charge in [0.1, 0.15) is 11.3 Å². The molecule has 7 nitrogen and oxygen atoms in total.